The Balaban J connectivity index is 0.00000243. The number of hydrogen-bond acceptors (Lipinski definition) is 3. The van der Waals surface area contributed by atoms with Gasteiger partial charge in [-0.3, -0.25) is 9.59 Å². The average molecular weight is 380 g/mol. The normalized spacial score (nSPS) is 24.5. The van der Waals surface area contributed by atoms with Crippen LogP contribution in [0.2, 0.25) is 0 Å². The third-order valence-electron chi connectivity index (χ3n) is 5.16. The molecule has 2 unspecified atom stereocenters. The fraction of sp³-hybridized carbons (Fsp3) is 0.600. The predicted molar refractivity (Wildman–Crippen MR) is 105 cm³/mol. The number of nitrogens with one attached hydrogen (secondary N) is 3. The summed E-state index contributed by atoms with van der Waals surface area (Å²) in [4.78, 5) is 24.4. The smallest absolute Gasteiger partial charge is 0.251 e. The van der Waals surface area contributed by atoms with Crippen molar-refractivity contribution >= 4 is 24.2 Å². The van der Waals surface area contributed by atoms with Gasteiger partial charge in [0.25, 0.3) is 5.91 Å². The Bertz CT molecular complexity index is 627. The van der Waals surface area contributed by atoms with Crippen LogP contribution >= 0.6 is 12.4 Å². The van der Waals surface area contributed by atoms with Crippen LogP contribution in [0.4, 0.5) is 0 Å². The highest BCUT2D eigenvalue weighted by atomic mass is 35.5. The number of hydrogen-bond donors (Lipinski definition) is 3. The second kappa shape index (κ2) is 8.40. The van der Waals surface area contributed by atoms with Crippen LogP contribution in [0, 0.1) is 5.41 Å². The first-order valence-corrected chi connectivity index (χ1v) is 9.25. The Labute approximate surface area is 162 Å². The van der Waals surface area contributed by atoms with Gasteiger partial charge in [0.2, 0.25) is 5.91 Å². The number of piperidine rings is 1. The van der Waals surface area contributed by atoms with E-state index in [2.05, 4.69) is 16.0 Å². The van der Waals surface area contributed by atoms with E-state index in [1.54, 1.807) is 0 Å². The minimum absolute atomic E-state index is 0. The maximum Gasteiger partial charge on any atom is 0.251 e. The molecule has 2 aliphatic heterocycles. The zero-order valence-corrected chi connectivity index (χ0v) is 16.6. The molecule has 2 fully saturated rings. The van der Waals surface area contributed by atoms with Crippen LogP contribution in [0.1, 0.15) is 62.4 Å². The molecular formula is C20H30ClN3O2. The molecular weight excluding hydrogens is 350 g/mol. The van der Waals surface area contributed by atoms with E-state index >= 15 is 0 Å². The van der Waals surface area contributed by atoms with Crippen molar-refractivity contribution < 1.29 is 9.59 Å². The molecule has 2 bridgehead atoms. The number of halogens is 1. The van der Waals surface area contributed by atoms with Crippen molar-refractivity contribution in [3.63, 3.8) is 0 Å². The summed E-state index contributed by atoms with van der Waals surface area (Å²) in [6.07, 6.45) is 4.51. The lowest BCUT2D eigenvalue weighted by Crippen LogP contribution is -2.48. The van der Waals surface area contributed by atoms with Gasteiger partial charge < -0.3 is 16.0 Å². The molecule has 0 saturated carbocycles. The van der Waals surface area contributed by atoms with Crippen molar-refractivity contribution in [2.45, 2.75) is 71.1 Å². The third kappa shape index (κ3) is 5.21. The van der Waals surface area contributed by atoms with Crippen LogP contribution < -0.4 is 16.0 Å². The molecule has 2 saturated heterocycles. The van der Waals surface area contributed by atoms with Crippen LogP contribution in [0.25, 0.3) is 0 Å². The standard InChI is InChI=1S/C20H29N3O2.ClH/c1-20(2,3)19(25)21-12-13-4-6-14(7-5-13)18(24)23-17-10-15-8-9-16(11-17)22-15;/h4-7,15-17,22H,8-12H2,1-3H3,(H,21,25)(H,23,24);1H. The number of fused-ring (bicyclic) bond motifs is 2. The van der Waals surface area contributed by atoms with Gasteiger partial charge in [-0.2, -0.15) is 0 Å². The quantitative estimate of drug-likeness (QED) is 0.753. The van der Waals surface area contributed by atoms with E-state index in [9.17, 15) is 9.59 Å². The lowest BCUT2D eigenvalue weighted by atomic mass is 9.95. The molecule has 2 atom stereocenters. The maximum atomic E-state index is 12.5. The van der Waals surface area contributed by atoms with E-state index in [-0.39, 0.29) is 30.3 Å². The summed E-state index contributed by atoms with van der Waals surface area (Å²) < 4.78 is 0. The van der Waals surface area contributed by atoms with E-state index in [1.807, 2.05) is 45.0 Å². The molecule has 1 aromatic rings. The molecule has 5 nitrogen and oxygen atoms in total. The Kier molecular flexibility index (Phi) is 6.69. The largest absolute Gasteiger partial charge is 0.352 e. The molecule has 2 aliphatic rings. The van der Waals surface area contributed by atoms with E-state index < -0.39 is 5.41 Å². The molecule has 3 N–H and O–H groups in total. The SMILES string of the molecule is CC(C)(C)C(=O)NCc1ccc(C(=O)NC2CC3CCC(C2)N3)cc1.Cl. The fourth-order valence-electron chi connectivity index (χ4n) is 3.67. The average Bonchev–Trinajstić information content (AvgIpc) is 2.90. The second-order valence-corrected chi connectivity index (χ2v) is 8.41. The topological polar surface area (TPSA) is 70.2 Å². The van der Waals surface area contributed by atoms with Crippen molar-refractivity contribution in [3.05, 3.63) is 35.4 Å². The Hall–Kier alpha value is -1.59. The summed E-state index contributed by atoms with van der Waals surface area (Å²) in [5.74, 6) is 0.0198. The Morgan fingerprint density at radius 1 is 1.08 bits per heavy atom. The number of amides is 2. The van der Waals surface area contributed by atoms with Crippen LogP contribution in [-0.2, 0) is 11.3 Å². The molecule has 144 valence electrons. The van der Waals surface area contributed by atoms with E-state index in [0.29, 0.717) is 24.2 Å². The van der Waals surface area contributed by atoms with E-state index in [4.69, 9.17) is 0 Å². The molecule has 6 heteroatoms. The van der Waals surface area contributed by atoms with Crippen molar-refractivity contribution in [1.82, 2.24) is 16.0 Å². The lowest BCUT2D eigenvalue weighted by Gasteiger charge is -2.29. The van der Waals surface area contributed by atoms with Gasteiger partial charge in [-0.15, -0.1) is 12.4 Å². The van der Waals surface area contributed by atoms with E-state index in [1.165, 1.54) is 12.8 Å². The Morgan fingerprint density at radius 2 is 1.65 bits per heavy atom. The summed E-state index contributed by atoms with van der Waals surface area (Å²) >= 11 is 0. The first kappa shape index (κ1) is 20.7. The maximum absolute atomic E-state index is 12.5. The van der Waals surface area contributed by atoms with Gasteiger partial charge in [0.15, 0.2) is 0 Å². The Morgan fingerprint density at radius 3 is 2.19 bits per heavy atom. The van der Waals surface area contributed by atoms with Crippen molar-refractivity contribution in [1.29, 1.82) is 0 Å². The van der Waals surface area contributed by atoms with Gasteiger partial charge >= 0.3 is 0 Å². The minimum Gasteiger partial charge on any atom is -0.352 e. The number of carbonyl (C=O) groups excluding carboxylic acids is 2. The molecule has 0 aromatic heterocycles. The van der Waals surface area contributed by atoms with Crippen LogP contribution in [0.15, 0.2) is 24.3 Å². The molecule has 0 spiro atoms. The van der Waals surface area contributed by atoms with Gasteiger partial charge in [-0.25, -0.2) is 0 Å². The van der Waals surface area contributed by atoms with Crippen molar-refractivity contribution in [2.75, 3.05) is 0 Å². The first-order valence-electron chi connectivity index (χ1n) is 9.25. The number of rotatable bonds is 4. The first-order chi connectivity index (χ1) is 11.8. The molecule has 3 rings (SSSR count). The van der Waals surface area contributed by atoms with Crippen LogP contribution in [-0.4, -0.2) is 29.9 Å². The number of carbonyl (C=O) groups is 2. The molecule has 1 aromatic carbocycles. The fourth-order valence-corrected chi connectivity index (χ4v) is 3.67. The summed E-state index contributed by atoms with van der Waals surface area (Å²) in [5, 5.41) is 9.69. The highest BCUT2D eigenvalue weighted by molar-refractivity contribution is 5.94. The van der Waals surface area contributed by atoms with E-state index in [0.717, 1.165) is 18.4 Å². The third-order valence-corrected chi connectivity index (χ3v) is 5.16. The number of benzene rings is 1. The summed E-state index contributed by atoms with van der Waals surface area (Å²) in [6.45, 7) is 6.16. The van der Waals surface area contributed by atoms with Crippen LogP contribution in [0.3, 0.4) is 0 Å². The van der Waals surface area contributed by atoms with Crippen molar-refractivity contribution in [2.24, 2.45) is 5.41 Å². The summed E-state index contributed by atoms with van der Waals surface area (Å²) in [6, 6.07) is 8.90. The second-order valence-electron chi connectivity index (χ2n) is 8.41. The highest BCUT2D eigenvalue weighted by Crippen LogP contribution is 2.26. The summed E-state index contributed by atoms with van der Waals surface area (Å²) in [5.41, 5.74) is 1.28. The van der Waals surface area contributed by atoms with Crippen molar-refractivity contribution in [3.8, 4) is 0 Å². The van der Waals surface area contributed by atoms with Gasteiger partial charge in [-0.05, 0) is 43.4 Å². The van der Waals surface area contributed by atoms with Gasteiger partial charge in [0.1, 0.15) is 0 Å². The van der Waals surface area contributed by atoms with Gasteiger partial charge in [-0.1, -0.05) is 32.9 Å². The molecule has 26 heavy (non-hydrogen) atoms. The van der Waals surface area contributed by atoms with Gasteiger partial charge in [0, 0.05) is 35.6 Å². The van der Waals surface area contributed by atoms with Crippen LogP contribution in [0.5, 0.6) is 0 Å². The zero-order chi connectivity index (χ0) is 18.0. The lowest BCUT2D eigenvalue weighted by molar-refractivity contribution is -0.128. The predicted octanol–water partition coefficient (Wildman–Crippen LogP) is 2.78. The molecule has 2 amide bonds. The summed E-state index contributed by atoms with van der Waals surface area (Å²) in [7, 11) is 0. The monoisotopic (exact) mass is 379 g/mol. The minimum atomic E-state index is -0.395. The zero-order valence-electron chi connectivity index (χ0n) is 15.8. The molecule has 0 aliphatic carbocycles. The molecule has 0 radical (unpaired) electrons. The van der Waals surface area contributed by atoms with Gasteiger partial charge in [0.05, 0.1) is 0 Å². The highest BCUT2D eigenvalue weighted by Gasteiger charge is 2.34. The molecule has 2 heterocycles.